The molecule has 0 spiro atoms. The predicted molar refractivity (Wildman–Crippen MR) is 102 cm³/mol. The van der Waals surface area contributed by atoms with Crippen LogP contribution in [0.5, 0.6) is 5.75 Å². The Bertz CT molecular complexity index is 659. The monoisotopic (exact) mass is 360 g/mol. The Hall–Kier alpha value is -2.04. The standard InChI is InChI=1S/C20H25ClN2O2/c1-25-19-5-3-2-4-17(19)11-13-22-14-12-20(24)23-15-10-16-6-8-18(21)9-7-16/h2-9,22H,10-15H2,1H3,(H,23,24). The third-order valence-electron chi connectivity index (χ3n) is 3.94. The third-order valence-corrected chi connectivity index (χ3v) is 4.19. The van der Waals surface area contributed by atoms with Crippen LogP contribution in [0.1, 0.15) is 17.5 Å². The van der Waals surface area contributed by atoms with Gasteiger partial charge in [0, 0.05) is 24.5 Å². The summed E-state index contributed by atoms with van der Waals surface area (Å²) in [7, 11) is 1.68. The van der Waals surface area contributed by atoms with E-state index in [4.69, 9.17) is 16.3 Å². The Morgan fingerprint density at radius 3 is 2.52 bits per heavy atom. The van der Waals surface area contributed by atoms with Gasteiger partial charge in [0.15, 0.2) is 0 Å². The van der Waals surface area contributed by atoms with Crippen molar-refractivity contribution in [2.45, 2.75) is 19.3 Å². The van der Waals surface area contributed by atoms with Crippen LogP contribution < -0.4 is 15.4 Å². The van der Waals surface area contributed by atoms with Crippen LogP contribution >= 0.6 is 11.6 Å². The van der Waals surface area contributed by atoms with Gasteiger partial charge in [-0.2, -0.15) is 0 Å². The number of nitrogens with one attached hydrogen (secondary N) is 2. The number of amides is 1. The molecule has 0 atom stereocenters. The number of halogens is 1. The number of rotatable bonds is 10. The van der Waals surface area contributed by atoms with Gasteiger partial charge >= 0.3 is 0 Å². The lowest BCUT2D eigenvalue weighted by molar-refractivity contribution is -0.120. The first-order valence-corrected chi connectivity index (χ1v) is 8.90. The van der Waals surface area contributed by atoms with E-state index in [1.54, 1.807) is 7.11 Å². The van der Waals surface area contributed by atoms with Gasteiger partial charge in [-0.05, 0) is 48.7 Å². The smallest absolute Gasteiger partial charge is 0.221 e. The molecule has 0 saturated carbocycles. The van der Waals surface area contributed by atoms with Crippen LogP contribution in [0.15, 0.2) is 48.5 Å². The summed E-state index contributed by atoms with van der Waals surface area (Å²) in [4.78, 5) is 11.8. The van der Waals surface area contributed by atoms with E-state index in [1.165, 1.54) is 11.1 Å². The Kier molecular flexibility index (Phi) is 8.29. The maximum Gasteiger partial charge on any atom is 0.221 e. The molecular weight excluding hydrogens is 336 g/mol. The van der Waals surface area contributed by atoms with Gasteiger partial charge in [-0.3, -0.25) is 4.79 Å². The molecule has 0 aromatic heterocycles. The average Bonchev–Trinajstić information content (AvgIpc) is 2.63. The lowest BCUT2D eigenvalue weighted by atomic mass is 10.1. The number of benzene rings is 2. The van der Waals surface area contributed by atoms with Gasteiger partial charge in [0.05, 0.1) is 7.11 Å². The Labute approximate surface area is 154 Å². The van der Waals surface area contributed by atoms with E-state index in [-0.39, 0.29) is 5.91 Å². The van der Waals surface area contributed by atoms with Crippen LogP contribution in [-0.4, -0.2) is 32.7 Å². The summed E-state index contributed by atoms with van der Waals surface area (Å²) in [5.41, 5.74) is 2.34. The van der Waals surface area contributed by atoms with E-state index in [2.05, 4.69) is 16.7 Å². The molecule has 2 aromatic carbocycles. The molecular formula is C20H25ClN2O2. The van der Waals surface area contributed by atoms with Crippen molar-refractivity contribution in [1.29, 1.82) is 0 Å². The molecule has 0 radical (unpaired) electrons. The van der Waals surface area contributed by atoms with E-state index in [9.17, 15) is 4.79 Å². The van der Waals surface area contributed by atoms with Crippen molar-refractivity contribution in [3.8, 4) is 5.75 Å². The van der Waals surface area contributed by atoms with Crippen molar-refractivity contribution in [1.82, 2.24) is 10.6 Å². The van der Waals surface area contributed by atoms with Gasteiger partial charge < -0.3 is 15.4 Å². The van der Waals surface area contributed by atoms with Crippen LogP contribution in [0.2, 0.25) is 5.02 Å². The molecule has 4 nitrogen and oxygen atoms in total. The summed E-state index contributed by atoms with van der Waals surface area (Å²) in [6, 6.07) is 15.7. The molecule has 0 heterocycles. The minimum Gasteiger partial charge on any atom is -0.496 e. The normalized spacial score (nSPS) is 10.5. The number of carbonyl (C=O) groups excluding carboxylic acids is 1. The number of carbonyl (C=O) groups is 1. The maximum absolute atomic E-state index is 11.8. The zero-order valence-corrected chi connectivity index (χ0v) is 15.3. The lowest BCUT2D eigenvalue weighted by Gasteiger charge is -2.09. The molecule has 0 saturated heterocycles. The zero-order chi connectivity index (χ0) is 17.9. The summed E-state index contributed by atoms with van der Waals surface area (Å²) in [5, 5.41) is 6.97. The first kappa shape index (κ1) is 19.3. The first-order chi connectivity index (χ1) is 12.2. The summed E-state index contributed by atoms with van der Waals surface area (Å²) in [6.07, 6.45) is 2.17. The fraction of sp³-hybridized carbons (Fsp3) is 0.350. The van der Waals surface area contributed by atoms with Crippen LogP contribution in [0.4, 0.5) is 0 Å². The summed E-state index contributed by atoms with van der Waals surface area (Å²) in [6.45, 7) is 2.13. The molecule has 5 heteroatoms. The van der Waals surface area contributed by atoms with Crippen LogP contribution in [0.25, 0.3) is 0 Å². The minimum atomic E-state index is 0.0683. The van der Waals surface area contributed by atoms with E-state index >= 15 is 0 Å². The van der Waals surface area contributed by atoms with E-state index < -0.39 is 0 Å². The van der Waals surface area contributed by atoms with Crippen molar-refractivity contribution in [3.63, 3.8) is 0 Å². The number of hydrogen-bond donors (Lipinski definition) is 2. The fourth-order valence-corrected chi connectivity index (χ4v) is 2.67. The summed E-state index contributed by atoms with van der Waals surface area (Å²) < 4.78 is 5.33. The van der Waals surface area contributed by atoms with Crippen molar-refractivity contribution < 1.29 is 9.53 Å². The molecule has 0 aliphatic heterocycles. The number of para-hydroxylation sites is 1. The van der Waals surface area contributed by atoms with Gasteiger partial charge in [0.1, 0.15) is 5.75 Å². The average molecular weight is 361 g/mol. The number of hydrogen-bond acceptors (Lipinski definition) is 3. The number of methoxy groups -OCH3 is 1. The molecule has 1 amide bonds. The van der Waals surface area contributed by atoms with Gasteiger partial charge in [-0.15, -0.1) is 0 Å². The van der Waals surface area contributed by atoms with Gasteiger partial charge in [0.2, 0.25) is 5.91 Å². The highest BCUT2D eigenvalue weighted by Crippen LogP contribution is 2.17. The largest absolute Gasteiger partial charge is 0.496 e. The molecule has 0 fully saturated rings. The second-order valence-electron chi connectivity index (χ2n) is 5.79. The van der Waals surface area contributed by atoms with Crippen LogP contribution in [0, 0.1) is 0 Å². The molecule has 2 rings (SSSR count). The highest BCUT2D eigenvalue weighted by molar-refractivity contribution is 6.30. The maximum atomic E-state index is 11.8. The Morgan fingerprint density at radius 1 is 1.00 bits per heavy atom. The van der Waals surface area contributed by atoms with E-state index in [0.717, 1.165) is 30.2 Å². The van der Waals surface area contributed by atoms with Crippen molar-refractivity contribution in [2.75, 3.05) is 26.7 Å². The molecule has 0 unspecified atom stereocenters. The fourth-order valence-electron chi connectivity index (χ4n) is 2.55. The lowest BCUT2D eigenvalue weighted by Crippen LogP contribution is -2.29. The molecule has 0 bridgehead atoms. The van der Waals surface area contributed by atoms with Crippen LogP contribution in [0.3, 0.4) is 0 Å². The van der Waals surface area contributed by atoms with Crippen molar-refractivity contribution in [2.24, 2.45) is 0 Å². The number of ether oxygens (including phenoxy) is 1. The van der Waals surface area contributed by atoms with E-state index in [0.29, 0.717) is 19.5 Å². The van der Waals surface area contributed by atoms with Gasteiger partial charge in [-0.25, -0.2) is 0 Å². The predicted octanol–water partition coefficient (Wildman–Crippen LogP) is 3.23. The topological polar surface area (TPSA) is 50.4 Å². The molecule has 0 aliphatic rings. The molecule has 2 N–H and O–H groups in total. The van der Waals surface area contributed by atoms with E-state index in [1.807, 2.05) is 42.5 Å². The minimum absolute atomic E-state index is 0.0683. The van der Waals surface area contributed by atoms with Crippen molar-refractivity contribution >= 4 is 17.5 Å². The van der Waals surface area contributed by atoms with Crippen molar-refractivity contribution in [3.05, 3.63) is 64.7 Å². The Balaban J connectivity index is 1.55. The molecule has 134 valence electrons. The first-order valence-electron chi connectivity index (χ1n) is 8.53. The Morgan fingerprint density at radius 2 is 1.76 bits per heavy atom. The highest BCUT2D eigenvalue weighted by Gasteiger charge is 2.03. The zero-order valence-electron chi connectivity index (χ0n) is 14.6. The quantitative estimate of drug-likeness (QED) is 0.639. The second-order valence-corrected chi connectivity index (χ2v) is 6.22. The molecule has 0 aliphatic carbocycles. The van der Waals surface area contributed by atoms with Crippen LogP contribution in [-0.2, 0) is 17.6 Å². The summed E-state index contributed by atoms with van der Waals surface area (Å²) >= 11 is 5.85. The summed E-state index contributed by atoms with van der Waals surface area (Å²) in [5.74, 6) is 0.975. The second kappa shape index (κ2) is 10.7. The molecule has 25 heavy (non-hydrogen) atoms. The molecule has 2 aromatic rings. The third kappa shape index (κ3) is 7.16. The SMILES string of the molecule is COc1ccccc1CCNCCC(=O)NCCc1ccc(Cl)cc1. The highest BCUT2D eigenvalue weighted by atomic mass is 35.5. The van der Waals surface area contributed by atoms with Gasteiger partial charge in [0.25, 0.3) is 0 Å². The van der Waals surface area contributed by atoms with Gasteiger partial charge in [-0.1, -0.05) is 41.9 Å².